The molecule has 0 N–H and O–H groups in total. The second-order valence-corrected chi connectivity index (χ2v) is 33.8. The maximum absolute atomic E-state index is 8.39. The summed E-state index contributed by atoms with van der Waals surface area (Å²) in [5.74, 6) is 1.80. The molecule has 0 unspecified atom stereocenters. The van der Waals surface area contributed by atoms with Crippen LogP contribution in [0.5, 0.6) is 11.5 Å². The predicted molar refractivity (Wildman–Crippen MR) is 454 cm³/mol. The van der Waals surface area contributed by atoms with Gasteiger partial charge in [0.05, 0.1) is 22.1 Å². The second-order valence-electron chi connectivity index (χ2n) is 29.3. The van der Waals surface area contributed by atoms with E-state index in [-0.39, 0.29) is 24.5 Å². The molecule has 0 amide bonds. The van der Waals surface area contributed by atoms with Gasteiger partial charge in [0, 0.05) is 159 Å². The summed E-state index contributed by atoms with van der Waals surface area (Å²) in [7, 11) is -0.853. The lowest BCUT2D eigenvalue weighted by molar-refractivity contribution is 0.438. The fourth-order valence-corrected chi connectivity index (χ4v) is 26.3. The first-order valence-electron chi connectivity index (χ1n) is 36.7. The summed E-state index contributed by atoms with van der Waals surface area (Å²) >= 11 is 7.96. The summed E-state index contributed by atoms with van der Waals surface area (Å²) in [5, 5.41) is 4.99. The zero-order chi connectivity index (χ0) is 68.9. The standard InChI is InChI=1S/C90H49B5N6O2S4/c1-5-25-50(26-6-1)98-66-43-23-17-37-60(66)74-84-80-78-70(104-91(84)98)45-54(96-62-39-19-13-33-56(62)57-34-14-20-40-63(57)96)47-72(78)106-93-86(80)82-76-68(100(93)52-29-9-3-10-30-52)49-69-77-83-87-81-79-71(105-92-85(81)75(90(83)103-95(88(76)77)102-89(74)82)61-38-18-24-44-67(61)99(92)51-27-7-2-8-28-51)46-55(48-73(79)107-94(87)101(69)53-31-11-4-12-32-53)97-64-41-21-15-35-58(64)59-36-16-22-42-65(59)97/h1-49H. The van der Waals surface area contributed by atoms with Crippen LogP contribution in [0, 0.1) is 0 Å². The van der Waals surface area contributed by atoms with E-state index in [0.29, 0.717) is 0 Å². The molecule has 10 aliphatic rings. The van der Waals surface area contributed by atoms with Gasteiger partial charge >= 0.3 is 31.6 Å². The first-order valence-corrected chi connectivity index (χ1v) is 40.3. The van der Waals surface area contributed by atoms with E-state index >= 15 is 0 Å². The molecule has 27 rings (SSSR count). The van der Waals surface area contributed by atoms with Gasteiger partial charge in [0.25, 0.3) is 0 Å². The van der Waals surface area contributed by atoms with E-state index in [2.05, 4.69) is 326 Å². The van der Waals surface area contributed by atoms with Gasteiger partial charge in [0.2, 0.25) is 0 Å². The predicted octanol–water partition coefficient (Wildman–Crippen LogP) is 20.2. The molecule has 0 bridgehead atoms. The molecule has 107 heavy (non-hydrogen) atoms. The van der Waals surface area contributed by atoms with Crippen molar-refractivity contribution in [2.24, 2.45) is 0 Å². The molecule has 0 saturated carbocycles. The van der Waals surface area contributed by atoms with Gasteiger partial charge in [-0.1, -0.05) is 182 Å². The van der Waals surface area contributed by atoms with Gasteiger partial charge in [-0.2, -0.15) is 0 Å². The number of fused-ring (bicyclic) bond motifs is 12. The first kappa shape index (κ1) is 57.7. The highest BCUT2D eigenvalue weighted by molar-refractivity contribution is 8.29. The molecule has 17 aromatic rings. The molecule has 2 aromatic heterocycles. The van der Waals surface area contributed by atoms with Gasteiger partial charge in [0.1, 0.15) is 11.5 Å². The highest BCUT2D eigenvalue weighted by Crippen LogP contribution is 2.66. The largest absolute Gasteiger partial charge is 0.634 e. The minimum absolute atomic E-state index is 0.188. The van der Waals surface area contributed by atoms with Gasteiger partial charge in [-0.25, -0.2) is 0 Å². The summed E-state index contributed by atoms with van der Waals surface area (Å²) < 4.78 is 21.8. The highest BCUT2D eigenvalue weighted by atomic mass is 32.2. The normalized spacial score (nSPS) is 15.1. The molecule has 15 aromatic carbocycles. The van der Waals surface area contributed by atoms with E-state index in [1.54, 1.807) is 0 Å². The van der Waals surface area contributed by atoms with Crippen LogP contribution in [0.1, 0.15) is 0 Å². The van der Waals surface area contributed by atoms with Crippen molar-refractivity contribution < 1.29 is 9.31 Å². The van der Waals surface area contributed by atoms with Crippen LogP contribution in [0.2, 0.25) is 0 Å². The highest BCUT2D eigenvalue weighted by Gasteiger charge is 2.61. The van der Waals surface area contributed by atoms with Gasteiger partial charge in [-0.3, -0.25) is 0 Å². The summed E-state index contributed by atoms with van der Waals surface area (Å²) in [4.78, 5) is 15.8. The van der Waals surface area contributed by atoms with Crippen LogP contribution in [0.25, 0.3) is 122 Å². The van der Waals surface area contributed by atoms with Crippen LogP contribution in [-0.4, -0.2) is 40.8 Å². The minimum atomic E-state index is -0.853. The lowest BCUT2D eigenvalue weighted by Gasteiger charge is -2.53. The van der Waals surface area contributed by atoms with Crippen LogP contribution in [0.4, 0.5) is 45.5 Å². The van der Waals surface area contributed by atoms with Gasteiger partial charge in [0.15, 0.2) is 0 Å². The van der Waals surface area contributed by atoms with E-state index in [1.807, 2.05) is 46.5 Å². The summed E-state index contributed by atoms with van der Waals surface area (Å²) in [6.45, 7) is 0. The van der Waals surface area contributed by atoms with Crippen LogP contribution >= 0.6 is 46.5 Å². The smallest absolute Gasteiger partial charge is 0.521 e. The Morgan fingerprint density at radius 2 is 0.514 bits per heavy atom. The maximum Gasteiger partial charge on any atom is 0.634 e. The summed E-state index contributed by atoms with van der Waals surface area (Å²) in [5.41, 5.74) is 37.1. The van der Waals surface area contributed by atoms with Crippen molar-refractivity contribution in [2.45, 2.75) is 19.6 Å². The molecule has 8 nitrogen and oxygen atoms in total. The van der Waals surface area contributed by atoms with E-state index in [4.69, 9.17) is 9.31 Å². The van der Waals surface area contributed by atoms with Gasteiger partial charge in [-0.05, 0) is 148 Å². The van der Waals surface area contributed by atoms with Crippen molar-refractivity contribution in [3.63, 3.8) is 0 Å². The van der Waals surface area contributed by atoms with Crippen molar-refractivity contribution >= 4 is 194 Å². The fraction of sp³-hybridized carbons (Fsp3) is 0. The van der Waals surface area contributed by atoms with Crippen molar-refractivity contribution in [1.29, 1.82) is 0 Å². The number of aromatic nitrogens is 2. The number of hydrogen-bond acceptors (Lipinski definition) is 10. The molecule has 17 heteroatoms. The van der Waals surface area contributed by atoms with Gasteiger partial charge < -0.3 is 37.7 Å². The Hall–Kier alpha value is -11.6. The van der Waals surface area contributed by atoms with Crippen molar-refractivity contribution in [2.75, 3.05) is 19.2 Å². The molecule has 0 fully saturated rings. The lowest BCUT2D eigenvalue weighted by Crippen LogP contribution is -2.62. The molecule has 0 aliphatic carbocycles. The van der Waals surface area contributed by atoms with Crippen LogP contribution in [0.15, 0.2) is 317 Å². The molecular weight excluding hydrogens is 1380 g/mol. The molecule has 12 heterocycles. The number of nitrogens with zero attached hydrogens (tertiary/aromatic N) is 6. The summed E-state index contributed by atoms with van der Waals surface area (Å²) in [6.07, 6.45) is -0.860. The van der Waals surface area contributed by atoms with E-state index in [1.165, 1.54) is 130 Å². The number of para-hydroxylation sites is 10. The number of rotatable bonds is 6. The quantitative estimate of drug-likeness (QED) is 0.150. The molecule has 0 spiro atoms. The maximum atomic E-state index is 8.39. The Morgan fingerprint density at radius 3 is 0.860 bits per heavy atom. The van der Waals surface area contributed by atoms with Crippen molar-refractivity contribution in [3.8, 4) is 89.6 Å². The zero-order valence-electron chi connectivity index (χ0n) is 56.8. The number of benzene rings is 15. The lowest BCUT2D eigenvalue weighted by atomic mass is 9.51. The Morgan fingerprint density at radius 1 is 0.224 bits per heavy atom. The van der Waals surface area contributed by atoms with Crippen molar-refractivity contribution in [1.82, 2.24) is 9.13 Å². The van der Waals surface area contributed by atoms with E-state index < -0.39 is 7.12 Å². The molecule has 0 radical (unpaired) electrons. The van der Waals surface area contributed by atoms with E-state index in [9.17, 15) is 0 Å². The van der Waals surface area contributed by atoms with Crippen LogP contribution in [0.3, 0.4) is 0 Å². The third-order valence-corrected chi connectivity index (χ3v) is 29.2. The van der Waals surface area contributed by atoms with Crippen molar-refractivity contribution in [3.05, 3.63) is 297 Å². The average Bonchev–Trinajstić information content (AvgIpc) is 0.962. The Balaban J connectivity index is 0.792. The third kappa shape index (κ3) is 7.21. The molecule has 0 atom stereocenters. The fourth-order valence-electron chi connectivity index (χ4n) is 20.4. The monoisotopic (exact) mass is 1430 g/mol. The summed E-state index contributed by atoms with van der Waals surface area (Å²) in [6, 6.07) is 112. The zero-order valence-corrected chi connectivity index (χ0v) is 60.1. The third-order valence-electron chi connectivity index (χ3n) is 24.3. The topological polar surface area (TPSA) is 41.3 Å². The molecule has 10 aliphatic heterocycles. The van der Waals surface area contributed by atoms with Crippen LogP contribution in [-0.2, 0) is 0 Å². The molecule has 490 valence electrons. The van der Waals surface area contributed by atoms with E-state index in [0.717, 1.165) is 96.1 Å². The Bertz CT molecular complexity index is 6490. The SMILES string of the molecule is c1ccc(N2B3Sc4cc(-n5c6ccccc6c6ccccc65)cc5c4-c4c3c(c3c6c4B(S5)N(c4ccccc4)c4cc5c7c(c4-6)B(O3)Oc3c4c6c8c(c3-7)B(Sc3cc(-n7c9ccccc9c9ccccc97)cc(c3-8)SB6N(c3ccccc3)c3ccccc3-4)N5c3ccccc3)-c3ccccc32)cc1. The molecule has 0 saturated heterocycles. The second kappa shape index (κ2) is 20.7. The average molecular weight is 1430 g/mol. The molecular formula is C90H49B5N6O2S4. The Labute approximate surface area is 633 Å². The number of anilines is 8. The van der Waals surface area contributed by atoms with Crippen LogP contribution < -0.4 is 55.9 Å². The number of hydrogen-bond donors (Lipinski definition) is 0. The minimum Gasteiger partial charge on any atom is -0.521 e. The first-order chi connectivity index (χ1) is 53.1. The van der Waals surface area contributed by atoms with Gasteiger partial charge in [-0.15, -0.1) is 46.5 Å². The Kier molecular flexibility index (Phi) is 11.2.